The summed E-state index contributed by atoms with van der Waals surface area (Å²) in [4.78, 5) is 0.125. The molecule has 0 aliphatic carbocycles. The minimum atomic E-state index is -4.17. The summed E-state index contributed by atoms with van der Waals surface area (Å²) < 4.78 is 44.1. The maximum Gasteiger partial charge on any atom is 0.399 e. The molecule has 0 amide bonds. The number of nitrogens with two attached hydrogens (primary N) is 1. The van der Waals surface area contributed by atoms with Gasteiger partial charge in [0.25, 0.3) is 10.0 Å². The van der Waals surface area contributed by atoms with Gasteiger partial charge in [0, 0.05) is 16.8 Å². The molecule has 0 heterocycles. The lowest BCUT2D eigenvalue weighted by Crippen LogP contribution is -2.30. The van der Waals surface area contributed by atoms with Gasteiger partial charge in [-0.1, -0.05) is 133 Å². The Hall–Kier alpha value is -4.94. The molecule has 6 rings (SSSR count). The third-order valence-corrected chi connectivity index (χ3v) is 11.2. The van der Waals surface area contributed by atoms with Crippen molar-refractivity contribution in [3.05, 3.63) is 169 Å². The average Bonchev–Trinajstić information content (AvgIpc) is 3.09. The predicted octanol–water partition coefficient (Wildman–Crippen LogP) is 9.49. The SMILES string of the molecule is Cc1ccc(S(=O)(=O)N(Cc2ccccc2N)P(Oc2ccccc2-c2ccccc2)Oc2ccccc2-c2ccccc2)cc1. The van der Waals surface area contributed by atoms with Crippen LogP contribution in [0.1, 0.15) is 11.1 Å². The molecule has 0 unspecified atom stereocenters. The number of benzene rings is 6. The van der Waals surface area contributed by atoms with Crippen LogP contribution in [0.15, 0.2) is 163 Å². The maximum atomic E-state index is 14.6. The molecule has 0 spiro atoms. The first kappa shape index (κ1) is 31.1. The highest BCUT2D eigenvalue weighted by Gasteiger charge is 2.38. The molecule has 2 N–H and O–H groups in total. The standard InChI is InChI=1S/C38H33N2O4PS/c1-29-24-26-33(27-25-29)46(41,42)40(28-32-18-8-11-21-36(32)39)45(43-37-22-12-9-19-34(37)30-14-4-2-5-15-30)44-38-23-13-10-20-35(38)31-16-6-3-7-17-31/h2-27H,28,39H2,1H3. The smallest absolute Gasteiger partial charge is 0.399 e. The lowest BCUT2D eigenvalue weighted by atomic mass is 10.1. The molecule has 0 saturated carbocycles. The highest BCUT2D eigenvalue weighted by molar-refractivity contribution is 7.93. The van der Waals surface area contributed by atoms with Crippen molar-refractivity contribution in [3.8, 4) is 33.8 Å². The molecular weight excluding hydrogens is 611 g/mol. The Morgan fingerprint density at radius 3 is 1.57 bits per heavy atom. The molecule has 0 atom stereocenters. The molecule has 0 aromatic heterocycles. The topological polar surface area (TPSA) is 81.9 Å². The first-order valence-electron chi connectivity index (χ1n) is 14.8. The predicted molar refractivity (Wildman–Crippen MR) is 187 cm³/mol. The van der Waals surface area contributed by atoms with Crippen LogP contribution >= 0.6 is 8.53 Å². The first-order valence-corrected chi connectivity index (χ1v) is 17.3. The van der Waals surface area contributed by atoms with E-state index >= 15 is 0 Å². The largest absolute Gasteiger partial charge is 0.426 e. The molecule has 0 fully saturated rings. The van der Waals surface area contributed by atoms with E-state index in [0.29, 0.717) is 22.7 Å². The second kappa shape index (κ2) is 14.0. The molecule has 6 nitrogen and oxygen atoms in total. The summed E-state index contributed by atoms with van der Waals surface area (Å²) in [7, 11) is -6.53. The van der Waals surface area contributed by atoms with Crippen LogP contribution < -0.4 is 14.8 Å². The van der Waals surface area contributed by atoms with Crippen molar-refractivity contribution < 1.29 is 17.5 Å². The molecule has 46 heavy (non-hydrogen) atoms. The fraction of sp³-hybridized carbons (Fsp3) is 0.0526. The number of hydrogen-bond donors (Lipinski definition) is 1. The fourth-order valence-corrected chi connectivity index (χ4v) is 8.33. The second-order valence-electron chi connectivity index (χ2n) is 10.6. The van der Waals surface area contributed by atoms with Crippen LogP contribution in [0.4, 0.5) is 5.69 Å². The van der Waals surface area contributed by atoms with E-state index < -0.39 is 18.5 Å². The number of nitrogens with zero attached hydrogens (tertiary/aromatic N) is 1. The van der Waals surface area contributed by atoms with Gasteiger partial charge in [0.05, 0.1) is 11.4 Å². The van der Waals surface area contributed by atoms with E-state index in [1.54, 1.807) is 30.3 Å². The van der Waals surface area contributed by atoms with Crippen molar-refractivity contribution >= 4 is 24.2 Å². The summed E-state index contributed by atoms with van der Waals surface area (Å²) in [5.41, 5.74) is 11.9. The Balaban J connectivity index is 1.52. The van der Waals surface area contributed by atoms with Crippen molar-refractivity contribution in [3.63, 3.8) is 0 Å². The molecule has 0 radical (unpaired) electrons. The number of sulfonamides is 1. The van der Waals surface area contributed by atoms with Gasteiger partial charge in [-0.2, -0.15) is 0 Å². The van der Waals surface area contributed by atoms with E-state index in [9.17, 15) is 8.42 Å². The van der Waals surface area contributed by atoms with Crippen LogP contribution in [0.5, 0.6) is 11.5 Å². The zero-order valence-electron chi connectivity index (χ0n) is 25.2. The quantitative estimate of drug-likeness (QED) is 0.112. The zero-order valence-corrected chi connectivity index (χ0v) is 26.9. The van der Waals surface area contributed by atoms with Crippen molar-refractivity contribution in [2.75, 3.05) is 5.73 Å². The average molecular weight is 645 g/mol. The number of aryl methyl sites for hydroxylation is 1. The van der Waals surface area contributed by atoms with Crippen LogP contribution in [0, 0.1) is 6.92 Å². The van der Waals surface area contributed by atoms with E-state index in [1.165, 1.54) is 4.08 Å². The van der Waals surface area contributed by atoms with Gasteiger partial charge >= 0.3 is 8.53 Å². The summed E-state index contributed by atoms with van der Waals surface area (Å²) in [5.74, 6) is 0.976. The Morgan fingerprint density at radius 1 is 0.587 bits per heavy atom. The monoisotopic (exact) mass is 644 g/mol. The minimum absolute atomic E-state index is 0.0738. The van der Waals surface area contributed by atoms with Crippen molar-refractivity contribution in [1.29, 1.82) is 0 Å². The summed E-state index contributed by atoms with van der Waals surface area (Å²) in [6.07, 6.45) is 0. The zero-order chi connectivity index (χ0) is 31.9. The molecule has 230 valence electrons. The summed E-state index contributed by atoms with van der Waals surface area (Å²) in [6, 6.07) is 48.8. The van der Waals surface area contributed by atoms with Crippen LogP contribution in [-0.2, 0) is 16.6 Å². The molecule has 6 aromatic rings. The summed E-state index contributed by atoms with van der Waals surface area (Å²) >= 11 is 0. The van der Waals surface area contributed by atoms with Crippen molar-refractivity contribution in [1.82, 2.24) is 4.08 Å². The second-order valence-corrected chi connectivity index (χ2v) is 14.1. The molecular formula is C38H33N2O4PS. The third-order valence-electron chi connectivity index (χ3n) is 7.44. The van der Waals surface area contributed by atoms with E-state index in [0.717, 1.165) is 27.8 Å². The van der Waals surface area contributed by atoms with Crippen molar-refractivity contribution in [2.45, 2.75) is 18.4 Å². The molecule has 8 heteroatoms. The van der Waals surface area contributed by atoms with Crippen LogP contribution in [-0.4, -0.2) is 12.5 Å². The highest BCUT2D eigenvalue weighted by atomic mass is 32.2. The van der Waals surface area contributed by atoms with Crippen molar-refractivity contribution in [2.24, 2.45) is 0 Å². The van der Waals surface area contributed by atoms with Gasteiger partial charge in [0.1, 0.15) is 11.5 Å². The molecule has 0 bridgehead atoms. The molecule has 0 aliphatic rings. The van der Waals surface area contributed by atoms with Crippen LogP contribution in [0.2, 0.25) is 0 Å². The van der Waals surface area contributed by atoms with Gasteiger partial charge in [-0.3, -0.25) is 0 Å². The lowest BCUT2D eigenvalue weighted by Gasteiger charge is -2.30. The van der Waals surface area contributed by atoms with E-state index in [4.69, 9.17) is 14.8 Å². The summed E-state index contributed by atoms with van der Waals surface area (Å²) in [5, 5.41) is 0. The van der Waals surface area contributed by atoms with Crippen LogP contribution in [0.25, 0.3) is 22.3 Å². The number of para-hydroxylation sites is 3. The Bertz CT molecular complexity index is 1940. The minimum Gasteiger partial charge on any atom is -0.426 e. The molecule has 6 aromatic carbocycles. The van der Waals surface area contributed by atoms with E-state index in [-0.39, 0.29) is 11.4 Å². The summed E-state index contributed by atoms with van der Waals surface area (Å²) in [6.45, 7) is 1.84. The highest BCUT2D eigenvalue weighted by Crippen LogP contribution is 2.51. The van der Waals surface area contributed by atoms with E-state index in [2.05, 4.69) is 0 Å². The number of hydrogen-bond acceptors (Lipinski definition) is 5. The Morgan fingerprint density at radius 2 is 1.04 bits per heavy atom. The number of rotatable bonds is 11. The number of nitrogen functional groups attached to an aromatic ring is 1. The van der Waals surface area contributed by atoms with Gasteiger partial charge in [-0.15, -0.1) is 4.08 Å². The van der Waals surface area contributed by atoms with Gasteiger partial charge in [-0.25, -0.2) is 8.42 Å². The third kappa shape index (κ3) is 6.98. The maximum absolute atomic E-state index is 14.6. The Labute approximate surface area is 271 Å². The van der Waals surface area contributed by atoms with Gasteiger partial charge in [0.15, 0.2) is 0 Å². The van der Waals surface area contributed by atoms with Gasteiger partial charge < -0.3 is 14.8 Å². The van der Waals surface area contributed by atoms with Crippen LogP contribution in [0.3, 0.4) is 0 Å². The lowest BCUT2D eigenvalue weighted by molar-refractivity contribution is 0.419. The first-order chi connectivity index (χ1) is 22.4. The Kier molecular flexibility index (Phi) is 9.46. The normalized spacial score (nSPS) is 11.5. The molecule has 0 saturated heterocycles. The molecule has 0 aliphatic heterocycles. The number of anilines is 1. The van der Waals surface area contributed by atoms with Gasteiger partial charge in [0.2, 0.25) is 0 Å². The van der Waals surface area contributed by atoms with Gasteiger partial charge in [-0.05, 0) is 53.9 Å². The van der Waals surface area contributed by atoms with E-state index in [1.807, 2.05) is 134 Å². The fourth-order valence-electron chi connectivity index (χ4n) is 4.97.